The number of hydrogen-bond donors (Lipinski definition) is 1. The van der Waals surface area contributed by atoms with E-state index in [-0.39, 0.29) is 11.6 Å². The molecule has 0 radical (unpaired) electrons. The lowest BCUT2D eigenvalue weighted by atomic mass is 9.93. The molecule has 0 saturated carbocycles. The Bertz CT molecular complexity index is 357. The summed E-state index contributed by atoms with van der Waals surface area (Å²) in [4.78, 5) is 0. The van der Waals surface area contributed by atoms with Crippen LogP contribution in [0.2, 0.25) is 0 Å². The summed E-state index contributed by atoms with van der Waals surface area (Å²) in [6.45, 7) is 1.44. The Morgan fingerprint density at radius 1 is 1.41 bits per heavy atom. The molecule has 0 spiro atoms. The zero-order valence-corrected chi connectivity index (χ0v) is 9.88. The van der Waals surface area contributed by atoms with Crippen molar-refractivity contribution in [1.82, 2.24) is 5.32 Å². The fourth-order valence-corrected chi connectivity index (χ4v) is 2.33. The minimum Gasteiger partial charge on any atom is -0.381 e. The van der Waals surface area contributed by atoms with Crippen molar-refractivity contribution in [2.75, 3.05) is 20.3 Å². The van der Waals surface area contributed by atoms with Crippen molar-refractivity contribution in [3.05, 3.63) is 35.4 Å². The lowest BCUT2D eigenvalue weighted by molar-refractivity contribution is 0.181. The SMILES string of the molecule is CNC(CC1CCOC1)c1c(F)cccc1F. The van der Waals surface area contributed by atoms with E-state index in [9.17, 15) is 8.78 Å². The molecule has 4 heteroatoms. The van der Waals surface area contributed by atoms with Gasteiger partial charge in [0.1, 0.15) is 11.6 Å². The molecule has 2 unspecified atom stereocenters. The highest BCUT2D eigenvalue weighted by molar-refractivity contribution is 5.23. The maximum atomic E-state index is 13.7. The molecule has 2 rings (SSSR count). The number of ether oxygens (including phenoxy) is 1. The predicted molar refractivity (Wildman–Crippen MR) is 61.7 cm³/mol. The molecule has 0 aromatic heterocycles. The maximum Gasteiger partial charge on any atom is 0.130 e. The van der Waals surface area contributed by atoms with Gasteiger partial charge in [-0.25, -0.2) is 8.78 Å². The molecule has 1 aliphatic heterocycles. The van der Waals surface area contributed by atoms with Gasteiger partial charge in [0.05, 0.1) is 0 Å². The molecular weight excluding hydrogens is 224 g/mol. The fourth-order valence-electron chi connectivity index (χ4n) is 2.33. The third-order valence-corrected chi connectivity index (χ3v) is 3.29. The van der Waals surface area contributed by atoms with E-state index in [4.69, 9.17) is 4.74 Å². The van der Waals surface area contributed by atoms with Crippen LogP contribution < -0.4 is 5.32 Å². The van der Waals surface area contributed by atoms with Gasteiger partial charge in [0.15, 0.2) is 0 Å². The summed E-state index contributed by atoms with van der Waals surface area (Å²) in [6.07, 6.45) is 1.67. The maximum absolute atomic E-state index is 13.7. The second-order valence-corrected chi connectivity index (χ2v) is 4.44. The van der Waals surface area contributed by atoms with Gasteiger partial charge in [0.2, 0.25) is 0 Å². The molecule has 1 aromatic rings. The van der Waals surface area contributed by atoms with E-state index in [0.717, 1.165) is 13.0 Å². The Kier molecular flexibility index (Phi) is 4.07. The number of rotatable bonds is 4. The van der Waals surface area contributed by atoms with Crippen LogP contribution in [0.4, 0.5) is 8.78 Å². The standard InChI is InChI=1S/C13H17F2NO/c1-16-12(7-9-5-6-17-8-9)13-10(14)3-2-4-11(13)15/h2-4,9,12,16H,5-8H2,1H3. The van der Waals surface area contributed by atoms with E-state index in [1.165, 1.54) is 18.2 Å². The molecule has 1 aliphatic rings. The summed E-state index contributed by atoms with van der Waals surface area (Å²) < 4.78 is 32.6. The summed E-state index contributed by atoms with van der Waals surface area (Å²) in [5.41, 5.74) is 0.141. The summed E-state index contributed by atoms with van der Waals surface area (Å²) in [5.74, 6) is -0.585. The molecule has 1 heterocycles. The fraction of sp³-hybridized carbons (Fsp3) is 0.538. The van der Waals surface area contributed by atoms with Crippen LogP contribution in [0.3, 0.4) is 0 Å². The Labute approximate surface area is 100.0 Å². The molecule has 2 atom stereocenters. The minimum absolute atomic E-state index is 0.141. The Morgan fingerprint density at radius 2 is 2.12 bits per heavy atom. The smallest absolute Gasteiger partial charge is 0.130 e. The highest BCUT2D eigenvalue weighted by Gasteiger charge is 2.24. The Balaban J connectivity index is 2.16. The van der Waals surface area contributed by atoms with Crippen LogP contribution in [0, 0.1) is 17.6 Å². The van der Waals surface area contributed by atoms with E-state index in [2.05, 4.69) is 5.32 Å². The first-order chi connectivity index (χ1) is 8.22. The number of nitrogens with one attached hydrogen (secondary N) is 1. The van der Waals surface area contributed by atoms with Gasteiger partial charge >= 0.3 is 0 Å². The summed E-state index contributed by atoms with van der Waals surface area (Å²) >= 11 is 0. The molecule has 1 fully saturated rings. The first-order valence-electron chi connectivity index (χ1n) is 5.91. The number of hydrogen-bond acceptors (Lipinski definition) is 2. The van der Waals surface area contributed by atoms with E-state index in [1.807, 2.05) is 0 Å². The van der Waals surface area contributed by atoms with Crippen LogP contribution in [0.5, 0.6) is 0 Å². The largest absolute Gasteiger partial charge is 0.381 e. The molecule has 0 amide bonds. The Morgan fingerprint density at radius 3 is 2.65 bits per heavy atom. The van der Waals surface area contributed by atoms with E-state index in [1.54, 1.807) is 7.05 Å². The first kappa shape index (κ1) is 12.5. The van der Waals surface area contributed by atoms with E-state index < -0.39 is 11.6 Å². The topological polar surface area (TPSA) is 21.3 Å². The zero-order valence-electron chi connectivity index (χ0n) is 9.88. The van der Waals surface area contributed by atoms with Gasteiger partial charge in [-0.2, -0.15) is 0 Å². The van der Waals surface area contributed by atoms with Crippen molar-refractivity contribution in [3.8, 4) is 0 Å². The predicted octanol–water partition coefficient (Wildman–Crippen LogP) is 2.65. The second kappa shape index (κ2) is 5.56. The second-order valence-electron chi connectivity index (χ2n) is 4.44. The monoisotopic (exact) mass is 241 g/mol. The van der Waals surface area contributed by atoms with Crippen LogP contribution in [0.15, 0.2) is 18.2 Å². The normalized spacial score (nSPS) is 21.7. The van der Waals surface area contributed by atoms with Gasteiger partial charge in [-0.3, -0.25) is 0 Å². The molecule has 0 aliphatic carbocycles. The Hall–Kier alpha value is -1.00. The average molecular weight is 241 g/mol. The number of benzene rings is 1. The van der Waals surface area contributed by atoms with E-state index >= 15 is 0 Å². The molecular formula is C13H17F2NO. The highest BCUT2D eigenvalue weighted by atomic mass is 19.1. The van der Waals surface area contributed by atoms with Crippen molar-refractivity contribution < 1.29 is 13.5 Å². The quantitative estimate of drug-likeness (QED) is 0.875. The zero-order chi connectivity index (χ0) is 12.3. The summed E-state index contributed by atoms with van der Waals surface area (Å²) in [5, 5.41) is 2.99. The first-order valence-corrected chi connectivity index (χ1v) is 5.91. The molecule has 0 bridgehead atoms. The van der Waals surface area contributed by atoms with Gasteiger partial charge in [0.25, 0.3) is 0 Å². The third kappa shape index (κ3) is 2.82. The van der Waals surface area contributed by atoms with Gasteiger partial charge in [0, 0.05) is 24.8 Å². The highest BCUT2D eigenvalue weighted by Crippen LogP contribution is 2.29. The van der Waals surface area contributed by atoms with Crippen LogP contribution >= 0.6 is 0 Å². The minimum atomic E-state index is -0.483. The summed E-state index contributed by atoms with van der Waals surface area (Å²) in [7, 11) is 1.73. The summed E-state index contributed by atoms with van der Waals surface area (Å²) in [6, 6.07) is 3.70. The van der Waals surface area contributed by atoms with Crippen molar-refractivity contribution in [3.63, 3.8) is 0 Å². The van der Waals surface area contributed by atoms with Crippen LogP contribution in [-0.4, -0.2) is 20.3 Å². The van der Waals surface area contributed by atoms with Crippen LogP contribution in [0.25, 0.3) is 0 Å². The van der Waals surface area contributed by atoms with Gasteiger partial charge in [-0.15, -0.1) is 0 Å². The molecule has 94 valence electrons. The molecule has 2 nitrogen and oxygen atoms in total. The van der Waals surface area contributed by atoms with Crippen LogP contribution in [0.1, 0.15) is 24.4 Å². The lowest BCUT2D eigenvalue weighted by Gasteiger charge is -2.20. The third-order valence-electron chi connectivity index (χ3n) is 3.29. The van der Waals surface area contributed by atoms with Gasteiger partial charge < -0.3 is 10.1 Å². The van der Waals surface area contributed by atoms with Gasteiger partial charge in [-0.1, -0.05) is 6.07 Å². The van der Waals surface area contributed by atoms with Crippen molar-refractivity contribution in [1.29, 1.82) is 0 Å². The van der Waals surface area contributed by atoms with E-state index in [0.29, 0.717) is 18.9 Å². The van der Waals surface area contributed by atoms with Gasteiger partial charge in [-0.05, 0) is 37.9 Å². The molecule has 1 N–H and O–H groups in total. The van der Waals surface area contributed by atoms with Crippen LogP contribution in [-0.2, 0) is 4.74 Å². The molecule has 17 heavy (non-hydrogen) atoms. The van der Waals surface area contributed by atoms with Crippen molar-refractivity contribution in [2.24, 2.45) is 5.92 Å². The van der Waals surface area contributed by atoms with Crippen molar-refractivity contribution in [2.45, 2.75) is 18.9 Å². The van der Waals surface area contributed by atoms with Crippen molar-refractivity contribution >= 4 is 0 Å². The molecule has 1 saturated heterocycles. The molecule has 1 aromatic carbocycles. The number of halogens is 2. The lowest BCUT2D eigenvalue weighted by Crippen LogP contribution is -2.22. The average Bonchev–Trinajstić information content (AvgIpc) is 2.80.